The van der Waals surface area contributed by atoms with Gasteiger partial charge in [-0.1, -0.05) is 6.92 Å². The van der Waals surface area contributed by atoms with E-state index < -0.39 is 29.2 Å². The van der Waals surface area contributed by atoms with E-state index in [-0.39, 0.29) is 6.54 Å². The second-order valence-electron chi connectivity index (χ2n) is 4.20. The van der Waals surface area contributed by atoms with E-state index in [0.717, 1.165) is 4.57 Å². The molecule has 2 N–H and O–H groups in total. The highest BCUT2D eigenvalue weighted by atomic mass is 16.5. The Balaban J connectivity index is 3.10. The average Bonchev–Trinajstić information content (AvgIpc) is 2.39. The zero-order valence-corrected chi connectivity index (χ0v) is 11.6. The van der Waals surface area contributed by atoms with E-state index in [2.05, 4.69) is 15.0 Å². The number of aromatic nitrogens is 2. The molecule has 1 atom stereocenters. The molecule has 1 unspecified atom stereocenters. The number of rotatable bonds is 5. The molecule has 1 heterocycles. The number of aromatic amines is 1. The van der Waals surface area contributed by atoms with Crippen LogP contribution in [0.3, 0.4) is 0 Å². The van der Waals surface area contributed by atoms with Crippen LogP contribution in [0.2, 0.25) is 0 Å². The van der Waals surface area contributed by atoms with Crippen LogP contribution in [0.5, 0.6) is 0 Å². The van der Waals surface area contributed by atoms with Crippen molar-refractivity contribution in [2.45, 2.75) is 32.9 Å². The number of H-pyrrole nitrogens is 1. The third-order valence-electron chi connectivity index (χ3n) is 2.71. The van der Waals surface area contributed by atoms with Crippen LogP contribution in [0.1, 0.15) is 19.4 Å². The van der Waals surface area contributed by atoms with Crippen molar-refractivity contribution >= 4 is 11.9 Å². The van der Waals surface area contributed by atoms with Gasteiger partial charge in [0.05, 0.1) is 13.7 Å². The van der Waals surface area contributed by atoms with Gasteiger partial charge in [-0.15, -0.1) is 0 Å². The van der Waals surface area contributed by atoms with E-state index >= 15 is 0 Å². The summed E-state index contributed by atoms with van der Waals surface area (Å²) < 4.78 is 5.73. The van der Waals surface area contributed by atoms with E-state index in [4.69, 9.17) is 0 Å². The first kappa shape index (κ1) is 15.7. The van der Waals surface area contributed by atoms with Gasteiger partial charge in [0, 0.05) is 18.7 Å². The van der Waals surface area contributed by atoms with E-state index in [1.165, 1.54) is 20.2 Å². The number of methoxy groups -OCH3 is 1. The standard InChI is InChI=1S/C12H17N3O5/c1-4-8-5-15(12(19)14-10(8)17)6-9(11(18)20-3)13-7(2)16/h5,9H,4,6H2,1-3H3,(H,13,16)(H,14,17,19). The van der Waals surface area contributed by atoms with Gasteiger partial charge in [-0.05, 0) is 6.42 Å². The van der Waals surface area contributed by atoms with E-state index in [1.54, 1.807) is 6.92 Å². The minimum absolute atomic E-state index is 0.116. The van der Waals surface area contributed by atoms with Crippen molar-refractivity contribution in [2.24, 2.45) is 0 Å². The van der Waals surface area contributed by atoms with Gasteiger partial charge in [0.25, 0.3) is 5.56 Å². The molecule has 8 heteroatoms. The monoisotopic (exact) mass is 283 g/mol. The number of hydrogen-bond acceptors (Lipinski definition) is 5. The maximum Gasteiger partial charge on any atom is 0.330 e. The quantitative estimate of drug-likeness (QED) is 0.658. The summed E-state index contributed by atoms with van der Waals surface area (Å²) in [4.78, 5) is 47.9. The summed E-state index contributed by atoms with van der Waals surface area (Å²) in [5.41, 5.74) is -0.689. The fraction of sp³-hybridized carbons (Fsp3) is 0.500. The van der Waals surface area contributed by atoms with Gasteiger partial charge in [0.1, 0.15) is 6.04 Å². The van der Waals surface area contributed by atoms with Gasteiger partial charge < -0.3 is 10.1 Å². The molecule has 0 aliphatic carbocycles. The zero-order chi connectivity index (χ0) is 15.3. The van der Waals surface area contributed by atoms with E-state index in [0.29, 0.717) is 12.0 Å². The summed E-state index contributed by atoms with van der Waals surface area (Å²) in [6.45, 7) is 2.91. The molecule has 1 aromatic heterocycles. The molecule has 0 saturated heterocycles. The van der Waals surface area contributed by atoms with Crippen molar-refractivity contribution in [3.63, 3.8) is 0 Å². The predicted octanol–water partition coefficient (Wildman–Crippen LogP) is -1.22. The fourth-order valence-corrected chi connectivity index (χ4v) is 1.71. The zero-order valence-electron chi connectivity index (χ0n) is 11.6. The fourth-order valence-electron chi connectivity index (χ4n) is 1.71. The number of hydrogen-bond donors (Lipinski definition) is 2. The first-order valence-corrected chi connectivity index (χ1v) is 6.06. The van der Waals surface area contributed by atoms with Crippen LogP contribution in [-0.4, -0.2) is 34.6 Å². The first-order valence-electron chi connectivity index (χ1n) is 6.06. The average molecular weight is 283 g/mol. The van der Waals surface area contributed by atoms with Gasteiger partial charge in [-0.2, -0.15) is 0 Å². The number of nitrogens with one attached hydrogen (secondary N) is 2. The largest absolute Gasteiger partial charge is 0.467 e. The lowest BCUT2D eigenvalue weighted by Gasteiger charge is -2.16. The molecule has 0 radical (unpaired) electrons. The summed E-state index contributed by atoms with van der Waals surface area (Å²) >= 11 is 0. The van der Waals surface area contributed by atoms with Crippen molar-refractivity contribution in [1.82, 2.24) is 14.9 Å². The lowest BCUT2D eigenvalue weighted by molar-refractivity contribution is -0.145. The number of carbonyl (C=O) groups is 2. The lowest BCUT2D eigenvalue weighted by Crippen LogP contribution is -2.46. The molecule has 8 nitrogen and oxygen atoms in total. The molecule has 110 valence electrons. The van der Waals surface area contributed by atoms with Gasteiger partial charge in [0.2, 0.25) is 5.91 Å². The Bertz CT molecular complexity index is 616. The van der Waals surface area contributed by atoms with Gasteiger partial charge in [-0.3, -0.25) is 19.1 Å². The van der Waals surface area contributed by atoms with Crippen LogP contribution < -0.4 is 16.6 Å². The Hall–Kier alpha value is -2.38. The Kier molecular flexibility index (Phi) is 5.24. The number of aryl methyl sites for hydroxylation is 1. The molecular formula is C12H17N3O5. The maximum absolute atomic E-state index is 11.7. The number of carbonyl (C=O) groups excluding carboxylic acids is 2. The summed E-state index contributed by atoms with van der Waals surface area (Å²) in [7, 11) is 1.18. The number of nitrogens with zero attached hydrogens (tertiary/aromatic N) is 1. The minimum atomic E-state index is -0.995. The van der Waals surface area contributed by atoms with Crippen molar-refractivity contribution in [3.05, 3.63) is 32.6 Å². The topological polar surface area (TPSA) is 110 Å². The highest BCUT2D eigenvalue weighted by Crippen LogP contribution is 1.95. The normalized spacial score (nSPS) is 11.8. The summed E-state index contributed by atoms with van der Waals surface area (Å²) in [5.74, 6) is -1.09. The Morgan fingerprint density at radius 2 is 2.10 bits per heavy atom. The van der Waals surface area contributed by atoms with E-state index in [9.17, 15) is 19.2 Å². The molecule has 1 amide bonds. The number of ether oxygens (including phenoxy) is 1. The lowest BCUT2D eigenvalue weighted by atomic mass is 10.2. The second-order valence-corrected chi connectivity index (χ2v) is 4.20. The first-order chi connectivity index (χ1) is 9.38. The molecule has 0 aliphatic rings. The Morgan fingerprint density at radius 3 is 2.60 bits per heavy atom. The molecule has 1 rings (SSSR count). The van der Waals surface area contributed by atoms with Crippen LogP contribution >= 0.6 is 0 Å². The molecule has 0 fully saturated rings. The second kappa shape index (κ2) is 6.69. The summed E-state index contributed by atoms with van der Waals surface area (Å²) in [6.07, 6.45) is 1.82. The van der Waals surface area contributed by atoms with Gasteiger partial charge in [-0.25, -0.2) is 9.59 Å². The van der Waals surface area contributed by atoms with Crippen molar-refractivity contribution in [3.8, 4) is 0 Å². The molecular weight excluding hydrogens is 266 g/mol. The van der Waals surface area contributed by atoms with Crippen LogP contribution in [-0.2, 0) is 27.3 Å². The van der Waals surface area contributed by atoms with Crippen molar-refractivity contribution in [2.75, 3.05) is 7.11 Å². The third kappa shape index (κ3) is 3.81. The highest BCUT2D eigenvalue weighted by Gasteiger charge is 2.21. The van der Waals surface area contributed by atoms with E-state index in [1.807, 2.05) is 0 Å². The van der Waals surface area contributed by atoms with Crippen LogP contribution in [0.25, 0.3) is 0 Å². The molecule has 0 spiro atoms. The number of amides is 1. The molecule has 0 bridgehead atoms. The Labute approximate surface area is 114 Å². The van der Waals surface area contributed by atoms with Crippen LogP contribution in [0.15, 0.2) is 15.8 Å². The van der Waals surface area contributed by atoms with Gasteiger partial charge in [0.15, 0.2) is 0 Å². The molecule has 0 saturated carbocycles. The summed E-state index contributed by atoms with van der Waals surface area (Å²) in [5, 5.41) is 2.39. The SMILES string of the molecule is CCc1cn(CC(NC(C)=O)C(=O)OC)c(=O)[nH]c1=O. The van der Waals surface area contributed by atoms with Crippen molar-refractivity contribution < 1.29 is 14.3 Å². The molecule has 20 heavy (non-hydrogen) atoms. The molecule has 0 aromatic carbocycles. The maximum atomic E-state index is 11.7. The smallest absolute Gasteiger partial charge is 0.330 e. The highest BCUT2D eigenvalue weighted by molar-refractivity contribution is 5.83. The van der Waals surface area contributed by atoms with Gasteiger partial charge >= 0.3 is 11.7 Å². The van der Waals surface area contributed by atoms with Crippen LogP contribution in [0.4, 0.5) is 0 Å². The summed E-state index contributed by atoms with van der Waals surface area (Å²) in [6, 6.07) is -0.995. The molecule has 1 aromatic rings. The third-order valence-corrected chi connectivity index (χ3v) is 2.71. The Morgan fingerprint density at radius 1 is 1.45 bits per heavy atom. The predicted molar refractivity (Wildman–Crippen MR) is 70.3 cm³/mol. The number of esters is 1. The van der Waals surface area contributed by atoms with Crippen molar-refractivity contribution in [1.29, 1.82) is 0 Å². The van der Waals surface area contributed by atoms with Crippen LogP contribution in [0, 0.1) is 0 Å². The molecule has 0 aliphatic heterocycles. The minimum Gasteiger partial charge on any atom is -0.467 e.